The van der Waals surface area contributed by atoms with E-state index in [-0.39, 0.29) is 11.7 Å². The zero-order valence-corrected chi connectivity index (χ0v) is 13.9. The maximum absolute atomic E-state index is 12.8. The van der Waals surface area contributed by atoms with Crippen molar-refractivity contribution in [1.82, 2.24) is 0 Å². The van der Waals surface area contributed by atoms with Crippen molar-refractivity contribution in [2.24, 2.45) is 22.7 Å². The standard InChI is InChI=1S/C17H29NO3/c1-12-8-5-6-10-14(11-7-9-12)16(19)15(13(2)18-3)17(20)21-4/h12,14-15H,5-11H2,1-4H3. The number of aliphatic imine (C=N–C) groups is 1. The van der Waals surface area contributed by atoms with Crippen molar-refractivity contribution in [2.75, 3.05) is 14.2 Å². The van der Waals surface area contributed by atoms with Gasteiger partial charge in [0.1, 0.15) is 0 Å². The van der Waals surface area contributed by atoms with E-state index in [2.05, 4.69) is 11.9 Å². The minimum atomic E-state index is -0.817. The number of hydrogen-bond donors (Lipinski definition) is 0. The molecule has 4 heteroatoms. The van der Waals surface area contributed by atoms with Crippen LogP contribution in [0.3, 0.4) is 0 Å². The van der Waals surface area contributed by atoms with Gasteiger partial charge in [-0.2, -0.15) is 0 Å². The number of esters is 1. The van der Waals surface area contributed by atoms with Gasteiger partial charge in [-0.15, -0.1) is 0 Å². The molecule has 1 aliphatic rings. The van der Waals surface area contributed by atoms with Gasteiger partial charge in [0.25, 0.3) is 0 Å². The summed E-state index contributed by atoms with van der Waals surface area (Å²) in [5.74, 6) is -0.579. The van der Waals surface area contributed by atoms with Crippen molar-refractivity contribution in [3.05, 3.63) is 0 Å². The fourth-order valence-electron chi connectivity index (χ4n) is 3.14. The van der Waals surface area contributed by atoms with Crippen molar-refractivity contribution >= 4 is 17.5 Å². The first kappa shape index (κ1) is 17.9. The van der Waals surface area contributed by atoms with Gasteiger partial charge < -0.3 is 4.74 Å². The van der Waals surface area contributed by atoms with Crippen LogP contribution in [0.4, 0.5) is 0 Å². The summed E-state index contributed by atoms with van der Waals surface area (Å²) in [6.45, 7) is 4.02. The van der Waals surface area contributed by atoms with E-state index < -0.39 is 11.9 Å². The number of hydrogen-bond acceptors (Lipinski definition) is 4. The zero-order valence-electron chi connectivity index (χ0n) is 13.9. The molecule has 0 bridgehead atoms. The number of carbonyl (C=O) groups excluding carboxylic acids is 2. The summed E-state index contributed by atoms with van der Waals surface area (Å²) >= 11 is 0. The molecule has 0 amide bonds. The van der Waals surface area contributed by atoms with E-state index in [1.54, 1.807) is 14.0 Å². The quantitative estimate of drug-likeness (QED) is 0.453. The Bertz CT molecular complexity index is 389. The Morgan fingerprint density at radius 1 is 1.10 bits per heavy atom. The number of carbonyl (C=O) groups is 2. The summed E-state index contributed by atoms with van der Waals surface area (Å²) in [6, 6.07) is 0. The Hall–Kier alpha value is -1.19. The molecule has 21 heavy (non-hydrogen) atoms. The van der Waals surface area contributed by atoms with Crippen LogP contribution in [0.1, 0.15) is 58.8 Å². The third-order valence-electron chi connectivity index (χ3n) is 4.64. The summed E-state index contributed by atoms with van der Waals surface area (Å²) < 4.78 is 4.80. The van der Waals surface area contributed by atoms with Gasteiger partial charge in [-0.25, -0.2) is 0 Å². The molecule has 1 fully saturated rings. The molecule has 0 radical (unpaired) electrons. The molecule has 0 N–H and O–H groups in total. The second-order valence-electron chi connectivity index (χ2n) is 6.24. The van der Waals surface area contributed by atoms with Gasteiger partial charge in [0, 0.05) is 18.7 Å². The summed E-state index contributed by atoms with van der Waals surface area (Å²) in [6.07, 6.45) is 7.49. The molecule has 0 heterocycles. The fourth-order valence-corrected chi connectivity index (χ4v) is 3.14. The minimum absolute atomic E-state index is 0.000460. The lowest BCUT2D eigenvalue weighted by atomic mass is 9.84. The van der Waals surface area contributed by atoms with Crippen LogP contribution in [0.2, 0.25) is 0 Å². The molecular weight excluding hydrogens is 266 g/mol. The highest BCUT2D eigenvalue weighted by molar-refractivity contribution is 6.18. The first-order valence-electron chi connectivity index (χ1n) is 8.06. The first-order valence-corrected chi connectivity index (χ1v) is 8.06. The van der Waals surface area contributed by atoms with E-state index in [0.29, 0.717) is 5.71 Å². The highest BCUT2D eigenvalue weighted by atomic mass is 16.5. The lowest BCUT2D eigenvalue weighted by molar-refractivity contribution is -0.147. The molecule has 0 saturated heterocycles. The summed E-state index contributed by atoms with van der Waals surface area (Å²) in [5, 5.41) is 0. The molecular formula is C17H29NO3. The lowest BCUT2D eigenvalue weighted by Crippen LogP contribution is -2.36. The van der Waals surface area contributed by atoms with Crippen LogP contribution in [0, 0.1) is 17.8 Å². The Balaban J connectivity index is 2.83. The van der Waals surface area contributed by atoms with Crippen LogP contribution < -0.4 is 0 Å². The van der Waals surface area contributed by atoms with Crippen molar-refractivity contribution < 1.29 is 14.3 Å². The van der Waals surface area contributed by atoms with E-state index in [0.717, 1.165) is 31.6 Å². The second-order valence-corrected chi connectivity index (χ2v) is 6.24. The van der Waals surface area contributed by atoms with Gasteiger partial charge >= 0.3 is 5.97 Å². The zero-order chi connectivity index (χ0) is 15.8. The third kappa shape index (κ3) is 5.25. The van der Waals surface area contributed by atoms with Crippen molar-refractivity contribution in [3.63, 3.8) is 0 Å². The molecule has 3 atom stereocenters. The molecule has 0 spiro atoms. The number of methoxy groups -OCH3 is 1. The largest absolute Gasteiger partial charge is 0.468 e. The highest BCUT2D eigenvalue weighted by Crippen LogP contribution is 2.28. The number of ether oxygens (including phenoxy) is 1. The van der Waals surface area contributed by atoms with E-state index in [9.17, 15) is 9.59 Å². The third-order valence-corrected chi connectivity index (χ3v) is 4.64. The van der Waals surface area contributed by atoms with Crippen molar-refractivity contribution in [2.45, 2.75) is 58.8 Å². The monoisotopic (exact) mass is 295 g/mol. The molecule has 4 nitrogen and oxygen atoms in total. The predicted octanol–water partition coefficient (Wildman–Crippen LogP) is 3.43. The van der Waals surface area contributed by atoms with Crippen LogP contribution in [0.15, 0.2) is 4.99 Å². The average molecular weight is 295 g/mol. The molecule has 1 saturated carbocycles. The van der Waals surface area contributed by atoms with Crippen LogP contribution in [0.5, 0.6) is 0 Å². The van der Waals surface area contributed by atoms with Crippen LogP contribution in [0.25, 0.3) is 0 Å². The Morgan fingerprint density at radius 3 is 2.29 bits per heavy atom. The predicted molar refractivity (Wildman–Crippen MR) is 84.5 cm³/mol. The molecule has 0 aromatic carbocycles. The van der Waals surface area contributed by atoms with E-state index in [4.69, 9.17) is 4.74 Å². The van der Waals surface area contributed by atoms with Crippen LogP contribution >= 0.6 is 0 Å². The van der Waals surface area contributed by atoms with Crippen molar-refractivity contribution in [1.29, 1.82) is 0 Å². The highest BCUT2D eigenvalue weighted by Gasteiger charge is 2.35. The average Bonchev–Trinajstić information content (AvgIpc) is 2.58. The van der Waals surface area contributed by atoms with Gasteiger partial charge in [0.15, 0.2) is 11.7 Å². The Labute approximate surface area is 128 Å². The normalized spacial score (nSPS) is 26.2. The lowest BCUT2D eigenvalue weighted by Gasteiger charge is -2.20. The van der Waals surface area contributed by atoms with E-state index in [1.807, 2.05) is 0 Å². The molecule has 0 aromatic rings. The van der Waals surface area contributed by atoms with Gasteiger partial charge in [-0.05, 0) is 25.7 Å². The second kappa shape index (κ2) is 8.96. The smallest absolute Gasteiger partial charge is 0.322 e. The molecule has 0 aliphatic heterocycles. The summed E-state index contributed by atoms with van der Waals surface area (Å²) in [7, 11) is 2.94. The summed E-state index contributed by atoms with van der Waals surface area (Å²) in [5.41, 5.74) is 0.556. The van der Waals surface area contributed by atoms with Gasteiger partial charge in [0.2, 0.25) is 0 Å². The molecule has 0 aromatic heterocycles. The number of Topliss-reactive ketones (excluding diaryl/α,β-unsaturated/α-hetero) is 1. The molecule has 1 rings (SSSR count). The Morgan fingerprint density at radius 2 is 1.67 bits per heavy atom. The number of ketones is 1. The van der Waals surface area contributed by atoms with Gasteiger partial charge in [-0.1, -0.05) is 39.0 Å². The first-order chi connectivity index (χ1) is 10.0. The molecule has 3 unspecified atom stereocenters. The molecule has 120 valence electrons. The van der Waals surface area contributed by atoms with Gasteiger partial charge in [-0.3, -0.25) is 14.6 Å². The number of rotatable bonds is 4. The van der Waals surface area contributed by atoms with E-state index >= 15 is 0 Å². The maximum atomic E-state index is 12.8. The maximum Gasteiger partial charge on any atom is 0.322 e. The number of nitrogens with zero attached hydrogens (tertiary/aromatic N) is 1. The minimum Gasteiger partial charge on any atom is -0.468 e. The van der Waals surface area contributed by atoms with Gasteiger partial charge in [0.05, 0.1) is 7.11 Å². The summed E-state index contributed by atoms with van der Waals surface area (Å²) in [4.78, 5) is 28.8. The molecule has 1 aliphatic carbocycles. The Kier molecular flexibility index (Phi) is 7.62. The van der Waals surface area contributed by atoms with Crippen LogP contribution in [-0.4, -0.2) is 31.6 Å². The topological polar surface area (TPSA) is 55.7 Å². The van der Waals surface area contributed by atoms with Crippen LogP contribution in [-0.2, 0) is 14.3 Å². The van der Waals surface area contributed by atoms with E-state index in [1.165, 1.54) is 26.4 Å². The van der Waals surface area contributed by atoms with Crippen molar-refractivity contribution in [3.8, 4) is 0 Å². The fraction of sp³-hybridized carbons (Fsp3) is 0.824. The SMILES string of the molecule is CN=C(C)C(C(=O)OC)C(=O)C1CCCCC(C)CCC1.